The number of alkyl halides is 2. The molecular weight excluding hydrogens is 330 g/mol. The number of ether oxygens (including phenoxy) is 2. The fourth-order valence-electron chi connectivity index (χ4n) is 2.55. The van der Waals surface area contributed by atoms with Gasteiger partial charge < -0.3 is 14.8 Å². The average molecular weight is 349 g/mol. The van der Waals surface area contributed by atoms with Crippen LogP contribution in [-0.2, 0) is 9.53 Å². The first-order chi connectivity index (χ1) is 10.5. The molecule has 0 saturated carbocycles. The van der Waals surface area contributed by atoms with Crippen molar-refractivity contribution in [3.8, 4) is 5.75 Å². The van der Waals surface area contributed by atoms with Crippen LogP contribution in [0.15, 0.2) is 24.3 Å². The van der Waals surface area contributed by atoms with E-state index in [-0.39, 0.29) is 18.5 Å². The van der Waals surface area contributed by atoms with Crippen molar-refractivity contribution in [2.75, 3.05) is 25.1 Å². The van der Waals surface area contributed by atoms with Crippen molar-refractivity contribution in [1.29, 1.82) is 0 Å². The van der Waals surface area contributed by atoms with Gasteiger partial charge in [0, 0.05) is 18.5 Å². The zero-order valence-corrected chi connectivity index (χ0v) is 13.2. The van der Waals surface area contributed by atoms with E-state index in [1.807, 2.05) is 0 Å². The third kappa shape index (κ3) is 4.76. The molecule has 2 saturated heterocycles. The molecule has 2 aliphatic heterocycles. The van der Waals surface area contributed by atoms with Crippen LogP contribution in [0.25, 0.3) is 0 Å². The molecule has 0 bridgehead atoms. The zero-order valence-electron chi connectivity index (χ0n) is 12.4. The van der Waals surface area contributed by atoms with Crippen LogP contribution in [0.3, 0.4) is 0 Å². The van der Waals surface area contributed by atoms with E-state index in [0.29, 0.717) is 24.7 Å². The van der Waals surface area contributed by atoms with Gasteiger partial charge in [0.15, 0.2) is 0 Å². The second kappa shape index (κ2) is 7.42. The summed E-state index contributed by atoms with van der Waals surface area (Å²) < 4.78 is 37.1. The van der Waals surface area contributed by atoms with Crippen LogP contribution >= 0.6 is 12.4 Å². The van der Waals surface area contributed by atoms with E-state index in [0.717, 1.165) is 6.42 Å². The molecule has 0 spiro atoms. The summed E-state index contributed by atoms with van der Waals surface area (Å²) in [6, 6.07) is 6.00. The largest absolute Gasteiger partial charge is 0.488 e. The topological polar surface area (TPSA) is 59.6 Å². The standard InChI is InChI=1S/C15H18F2N2O3.ClH/c16-15(17)7-13(18-9-15)14(20)19-10-1-3-11(4-2-10)22-12-5-6-21-8-12;/h1-4,12-13,18H,5-9H2,(H,19,20);1H. The molecular formula is C15H19ClF2N2O3. The number of rotatable bonds is 4. The van der Waals surface area contributed by atoms with E-state index in [1.54, 1.807) is 24.3 Å². The van der Waals surface area contributed by atoms with Gasteiger partial charge in [0.1, 0.15) is 11.9 Å². The number of anilines is 1. The Bertz CT molecular complexity index is 536. The lowest BCUT2D eigenvalue weighted by molar-refractivity contribution is -0.118. The minimum absolute atomic E-state index is 0. The highest BCUT2D eigenvalue weighted by Gasteiger charge is 2.42. The highest BCUT2D eigenvalue weighted by molar-refractivity contribution is 5.95. The first-order valence-corrected chi connectivity index (χ1v) is 7.28. The molecule has 2 fully saturated rings. The number of carbonyl (C=O) groups excluding carboxylic acids is 1. The van der Waals surface area contributed by atoms with Crippen LogP contribution in [0.2, 0.25) is 0 Å². The summed E-state index contributed by atoms with van der Waals surface area (Å²) in [5.41, 5.74) is 0.553. The molecule has 1 aromatic rings. The maximum atomic E-state index is 13.1. The number of hydrogen-bond acceptors (Lipinski definition) is 4. The maximum Gasteiger partial charge on any atom is 0.262 e. The van der Waals surface area contributed by atoms with Gasteiger partial charge in [-0.15, -0.1) is 12.4 Å². The number of amides is 1. The van der Waals surface area contributed by atoms with Crippen molar-refractivity contribution in [3.05, 3.63) is 24.3 Å². The molecule has 23 heavy (non-hydrogen) atoms. The van der Waals surface area contributed by atoms with E-state index in [4.69, 9.17) is 9.47 Å². The van der Waals surface area contributed by atoms with Gasteiger partial charge in [0.25, 0.3) is 5.92 Å². The van der Waals surface area contributed by atoms with Gasteiger partial charge in [-0.3, -0.25) is 10.1 Å². The Morgan fingerprint density at radius 3 is 2.65 bits per heavy atom. The van der Waals surface area contributed by atoms with Crippen molar-refractivity contribution in [3.63, 3.8) is 0 Å². The van der Waals surface area contributed by atoms with Gasteiger partial charge in [-0.25, -0.2) is 8.78 Å². The quantitative estimate of drug-likeness (QED) is 0.876. The number of carbonyl (C=O) groups is 1. The average Bonchev–Trinajstić information content (AvgIpc) is 3.10. The monoisotopic (exact) mass is 348 g/mol. The van der Waals surface area contributed by atoms with Crippen LogP contribution in [0.1, 0.15) is 12.8 Å². The molecule has 3 rings (SSSR count). The number of halogens is 3. The van der Waals surface area contributed by atoms with Gasteiger partial charge in [-0.1, -0.05) is 0 Å². The summed E-state index contributed by atoms with van der Waals surface area (Å²) >= 11 is 0. The van der Waals surface area contributed by atoms with Gasteiger partial charge in [-0.2, -0.15) is 0 Å². The Morgan fingerprint density at radius 1 is 1.35 bits per heavy atom. The predicted octanol–water partition coefficient (Wildman–Crippen LogP) is 2.21. The van der Waals surface area contributed by atoms with Crippen molar-refractivity contribution in [1.82, 2.24) is 5.32 Å². The van der Waals surface area contributed by atoms with Crippen molar-refractivity contribution >= 4 is 24.0 Å². The van der Waals surface area contributed by atoms with E-state index in [9.17, 15) is 13.6 Å². The van der Waals surface area contributed by atoms with Crippen LogP contribution in [-0.4, -0.2) is 43.7 Å². The lowest BCUT2D eigenvalue weighted by atomic mass is 10.2. The zero-order chi connectivity index (χ0) is 15.6. The summed E-state index contributed by atoms with van der Waals surface area (Å²) in [5, 5.41) is 5.15. The highest BCUT2D eigenvalue weighted by Crippen LogP contribution is 2.26. The van der Waals surface area contributed by atoms with Gasteiger partial charge >= 0.3 is 0 Å². The molecule has 2 unspecified atom stereocenters. The van der Waals surface area contributed by atoms with Crippen LogP contribution in [0, 0.1) is 0 Å². The molecule has 1 amide bonds. The minimum atomic E-state index is -2.82. The van der Waals surface area contributed by atoms with Crippen LogP contribution in [0.4, 0.5) is 14.5 Å². The van der Waals surface area contributed by atoms with Crippen LogP contribution in [0.5, 0.6) is 5.75 Å². The number of nitrogens with one attached hydrogen (secondary N) is 2. The summed E-state index contributed by atoms with van der Waals surface area (Å²) in [6.07, 6.45) is 0.451. The van der Waals surface area contributed by atoms with E-state index in [2.05, 4.69) is 10.6 Å². The molecule has 128 valence electrons. The Morgan fingerprint density at radius 2 is 2.09 bits per heavy atom. The normalized spacial score (nSPS) is 25.7. The second-order valence-corrected chi connectivity index (χ2v) is 5.61. The maximum absolute atomic E-state index is 13.1. The Labute approximate surface area is 139 Å². The SMILES string of the molecule is Cl.O=C(Nc1ccc(OC2CCOC2)cc1)C1CC(F)(F)CN1. The fourth-order valence-corrected chi connectivity index (χ4v) is 2.55. The third-order valence-corrected chi connectivity index (χ3v) is 3.74. The van der Waals surface area contributed by atoms with Gasteiger partial charge in [0.2, 0.25) is 5.91 Å². The van der Waals surface area contributed by atoms with Gasteiger partial charge in [-0.05, 0) is 24.3 Å². The molecule has 0 aliphatic carbocycles. The van der Waals surface area contributed by atoms with Crippen molar-refractivity contribution in [2.45, 2.75) is 30.9 Å². The van der Waals surface area contributed by atoms with Crippen molar-refractivity contribution in [2.24, 2.45) is 0 Å². The van der Waals surface area contributed by atoms with Crippen molar-refractivity contribution < 1.29 is 23.0 Å². The first kappa shape index (κ1) is 17.9. The number of hydrogen-bond donors (Lipinski definition) is 2. The Hall–Kier alpha value is -1.44. The smallest absolute Gasteiger partial charge is 0.262 e. The molecule has 2 heterocycles. The summed E-state index contributed by atoms with van der Waals surface area (Å²) in [7, 11) is 0. The molecule has 8 heteroatoms. The summed E-state index contributed by atoms with van der Waals surface area (Å²) in [6.45, 7) is 0.833. The summed E-state index contributed by atoms with van der Waals surface area (Å²) in [4.78, 5) is 11.9. The lowest BCUT2D eigenvalue weighted by Crippen LogP contribution is -2.35. The lowest BCUT2D eigenvalue weighted by Gasteiger charge is -2.13. The van der Waals surface area contributed by atoms with E-state index in [1.165, 1.54) is 0 Å². The summed E-state index contributed by atoms with van der Waals surface area (Å²) in [5.74, 6) is -2.57. The predicted molar refractivity (Wildman–Crippen MR) is 83.5 cm³/mol. The molecule has 0 aromatic heterocycles. The van der Waals surface area contributed by atoms with E-state index < -0.39 is 30.8 Å². The highest BCUT2D eigenvalue weighted by atomic mass is 35.5. The second-order valence-electron chi connectivity index (χ2n) is 5.61. The number of benzene rings is 1. The fraction of sp³-hybridized carbons (Fsp3) is 0.533. The molecule has 5 nitrogen and oxygen atoms in total. The van der Waals surface area contributed by atoms with E-state index >= 15 is 0 Å². The Balaban J connectivity index is 0.00000192. The third-order valence-electron chi connectivity index (χ3n) is 3.74. The first-order valence-electron chi connectivity index (χ1n) is 7.28. The van der Waals surface area contributed by atoms with Crippen LogP contribution < -0.4 is 15.4 Å². The Kier molecular flexibility index (Phi) is 5.78. The molecule has 2 atom stereocenters. The minimum Gasteiger partial charge on any atom is -0.488 e. The molecule has 1 aromatic carbocycles. The molecule has 0 radical (unpaired) electrons. The molecule has 2 aliphatic rings. The molecule has 2 N–H and O–H groups in total. The van der Waals surface area contributed by atoms with Gasteiger partial charge in [0.05, 0.1) is 25.8 Å².